The summed E-state index contributed by atoms with van der Waals surface area (Å²) in [4.78, 5) is 37.4. The first-order valence-electron chi connectivity index (χ1n) is 8.32. The third kappa shape index (κ3) is 5.98. The Labute approximate surface area is 164 Å². The Kier molecular flexibility index (Phi) is 6.24. The Hall–Kier alpha value is -2.03. The molecule has 1 heterocycles. The van der Waals surface area contributed by atoms with Crippen LogP contribution in [-0.2, 0) is 9.53 Å². The number of nitrogens with one attached hydrogen (secondary N) is 1. The molecule has 1 aromatic rings. The number of halogens is 3. The summed E-state index contributed by atoms with van der Waals surface area (Å²) >= 11 is 3.25. The Morgan fingerprint density at radius 3 is 2.41 bits per heavy atom. The van der Waals surface area contributed by atoms with Gasteiger partial charge in [-0.2, -0.15) is 0 Å². The lowest BCUT2D eigenvalue weighted by Crippen LogP contribution is -2.48. The van der Waals surface area contributed by atoms with E-state index in [1.54, 1.807) is 45.0 Å². The lowest BCUT2D eigenvalue weighted by atomic mass is 10.1. The lowest BCUT2D eigenvalue weighted by molar-refractivity contribution is -0.125. The van der Waals surface area contributed by atoms with Gasteiger partial charge in [0.1, 0.15) is 11.6 Å². The highest BCUT2D eigenvalue weighted by atomic mass is 79.9. The maximum Gasteiger partial charge on any atom is 0.411 e. The van der Waals surface area contributed by atoms with Crippen molar-refractivity contribution in [2.75, 3.05) is 13.1 Å². The lowest BCUT2D eigenvalue weighted by Gasteiger charge is -2.27. The van der Waals surface area contributed by atoms with Gasteiger partial charge in [0.2, 0.25) is 5.91 Å². The fraction of sp³-hybridized carbons (Fsp3) is 0.500. The van der Waals surface area contributed by atoms with Gasteiger partial charge < -0.3 is 10.1 Å². The molecule has 0 radical (unpaired) electrons. The van der Waals surface area contributed by atoms with Crippen LogP contribution in [0.15, 0.2) is 28.7 Å². The molecular weight excluding hydrogens is 426 g/mol. The predicted molar refractivity (Wildman–Crippen MR) is 97.8 cm³/mol. The van der Waals surface area contributed by atoms with Gasteiger partial charge in [0.15, 0.2) is 5.78 Å². The molecule has 148 valence electrons. The maximum atomic E-state index is 13.8. The standard InChI is InChI=1S/C18H21BrF2N2O4/c1-17(2,3)27-16(26)23-10-18(20,21)8-13(23)15(25)22-9-14(24)11-4-6-12(19)7-5-11/h4-7,13H,8-10H2,1-3H3,(H,22,25). The van der Waals surface area contributed by atoms with Gasteiger partial charge >= 0.3 is 6.09 Å². The molecule has 2 rings (SSSR count). The van der Waals surface area contributed by atoms with Crippen molar-refractivity contribution in [1.29, 1.82) is 0 Å². The first-order valence-corrected chi connectivity index (χ1v) is 9.11. The number of rotatable bonds is 4. The van der Waals surface area contributed by atoms with Crippen LogP contribution in [0.2, 0.25) is 0 Å². The number of carbonyl (C=O) groups is 3. The van der Waals surface area contributed by atoms with Crippen molar-refractivity contribution in [1.82, 2.24) is 10.2 Å². The topological polar surface area (TPSA) is 75.7 Å². The van der Waals surface area contributed by atoms with Crippen molar-refractivity contribution < 1.29 is 27.9 Å². The van der Waals surface area contributed by atoms with Crippen LogP contribution in [0.25, 0.3) is 0 Å². The smallest absolute Gasteiger partial charge is 0.411 e. The Bertz CT molecular complexity index is 732. The van der Waals surface area contributed by atoms with Gasteiger partial charge in [-0.25, -0.2) is 13.6 Å². The van der Waals surface area contributed by atoms with E-state index in [1.807, 2.05) is 0 Å². The van der Waals surface area contributed by atoms with Crippen molar-refractivity contribution in [2.45, 2.75) is 44.8 Å². The summed E-state index contributed by atoms with van der Waals surface area (Å²) in [7, 11) is 0. The van der Waals surface area contributed by atoms with Crippen molar-refractivity contribution >= 4 is 33.7 Å². The highest BCUT2D eigenvalue weighted by Gasteiger charge is 2.51. The molecule has 6 nitrogen and oxygen atoms in total. The minimum absolute atomic E-state index is 0.356. The molecule has 1 atom stereocenters. The molecule has 0 saturated carbocycles. The number of hydrogen-bond acceptors (Lipinski definition) is 4. The molecular formula is C18H21BrF2N2O4. The monoisotopic (exact) mass is 446 g/mol. The third-order valence-electron chi connectivity index (χ3n) is 3.79. The molecule has 0 aliphatic carbocycles. The van der Waals surface area contributed by atoms with Crippen LogP contribution in [0.3, 0.4) is 0 Å². The predicted octanol–water partition coefficient (Wildman–Crippen LogP) is 3.39. The molecule has 0 bridgehead atoms. The van der Waals surface area contributed by atoms with Gasteiger partial charge in [0.05, 0.1) is 13.1 Å². The summed E-state index contributed by atoms with van der Waals surface area (Å²) in [5.41, 5.74) is -0.507. The molecule has 1 aliphatic heterocycles. The fourth-order valence-corrected chi connectivity index (χ4v) is 2.85. The first-order chi connectivity index (χ1) is 12.4. The van der Waals surface area contributed by atoms with Gasteiger partial charge in [-0.05, 0) is 32.9 Å². The van der Waals surface area contributed by atoms with Crippen molar-refractivity contribution in [3.63, 3.8) is 0 Å². The molecule has 1 saturated heterocycles. The SMILES string of the molecule is CC(C)(C)OC(=O)N1CC(F)(F)CC1C(=O)NCC(=O)c1ccc(Br)cc1. The molecule has 0 spiro atoms. The van der Waals surface area contributed by atoms with Crippen LogP contribution in [-0.4, -0.2) is 53.3 Å². The molecule has 1 fully saturated rings. The molecule has 1 aliphatic rings. The first kappa shape index (κ1) is 21.3. The largest absolute Gasteiger partial charge is 0.444 e. The summed E-state index contributed by atoms with van der Waals surface area (Å²) in [6, 6.07) is 5.12. The van der Waals surface area contributed by atoms with Gasteiger partial charge in [-0.3, -0.25) is 14.5 Å². The Morgan fingerprint density at radius 1 is 1.26 bits per heavy atom. The number of ether oxygens (including phenoxy) is 1. The number of benzene rings is 1. The average molecular weight is 447 g/mol. The average Bonchev–Trinajstić information content (AvgIpc) is 2.87. The van der Waals surface area contributed by atoms with Crippen LogP contribution < -0.4 is 5.32 Å². The van der Waals surface area contributed by atoms with E-state index in [0.29, 0.717) is 10.5 Å². The van der Waals surface area contributed by atoms with Crippen molar-refractivity contribution in [3.05, 3.63) is 34.3 Å². The molecule has 2 amide bonds. The minimum Gasteiger partial charge on any atom is -0.444 e. The van der Waals surface area contributed by atoms with Crippen LogP contribution >= 0.6 is 15.9 Å². The molecule has 27 heavy (non-hydrogen) atoms. The zero-order chi connectivity index (χ0) is 20.4. The number of carbonyl (C=O) groups excluding carboxylic acids is 3. The van der Waals surface area contributed by atoms with Crippen LogP contribution in [0.5, 0.6) is 0 Å². The normalized spacial score (nSPS) is 18.9. The Balaban J connectivity index is 2.02. The summed E-state index contributed by atoms with van der Waals surface area (Å²) in [6.45, 7) is 3.55. The second-order valence-electron chi connectivity index (χ2n) is 7.33. The van der Waals surface area contributed by atoms with E-state index in [9.17, 15) is 23.2 Å². The molecule has 0 aromatic heterocycles. The maximum absolute atomic E-state index is 13.8. The highest BCUT2D eigenvalue weighted by molar-refractivity contribution is 9.10. The second kappa shape index (κ2) is 7.92. The number of likely N-dealkylation sites (tertiary alicyclic amines) is 1. The van der Waals surface area contributed by atoms with Gasteiger partial charge in [-0.1, -0.05) is 28.1 Å². The van der Waals surface area contributed by atoms with E-state index in [0.717, 1.165) is 4.47 Å². The zero-order valence-corrected chi connectivity index (χ0v) is 16.8. The highest BCUT2D eigenvalue weighted by Crippen LogP contribution is 2.33. The number of nitrogens with zero attached hydrogens (tertiary/aromatic N) is 1. The molecule has 1 unspecified atom stereocenters. The quantitative estimate of drug-likeness (QED) is 0.719. The van der Waals surface area contributed by atoms with Gasteiger partial charge in [-0.15, -0.1) is 0 Å². The zero-order valence-electron chi connectivity index (χ0n) is 15.2. The Morgan fingerprint density at radius 2 is 1.85 bits per heavy atom. The third-order valence-corrected chi connectivity index (χ3v) is 4.32. The van der Waals surface area contributed by atoms with Crippen LogP contribution in [0.4, 0.5) is 13.6 Å². The van der Waals surface area contributed by atoms with Gasteiger partial charge in [0, 0.05) is 16.5 Å². The van der Waals surface area contributed by atoms with Crippen molar-refractivity contribution in [3.8, 4) is 0 Å². The van der Waals surface area contributed by atoms with Crippen LogP contribution in [0, 0.1) is 0 Å². The number of ketones is 1. The molecule has 9 heteroatoms. The summed E-state index contributed by atoms with van der Waals surface area (Å²) < 4.78 is 33.5. The summed E-state index contributed by atoms with van der Waals surface area (Å²) in [6.07, 6.45) is -1.80. The van der Waals surface area contributed by atoms with E-state index in [-0.39, 0.29) is 12.3 Å². The van der Waals surface area contributed by atoms with E-state index >= 15 is 0 Å². The fourth-order valence-electron chi connectivity index (χ4n) is 2.59. The number of hydrogen-bond donors (Lipinski definition) is 1. The molecule has 1 N–H and O–H groups in total. The van der Waals surface area contributed by atoms with Gasteiger partial charge in [0.25, 0.3) is 5.92 Å². The van der Waals surface area contributed by atoms with Crippen LogP contribution in [0.1, 0.15) is 37.6 Å². The number of amides is 2. The minimum atomic E-state index is -3.20. The summed E-state index contributed by atoms with van der Waals surface area (Å²) in [5.74, 6) is -4.39. The van der Waals surface area contributed by atoms with E-state index in [2.05, 4.69) is 21.2 Å². The summed E-state index contributed by atoms with van der Waals surface area (Å²) in [5, 5.41) is 2.34. The van der Waals surface area contributed by atoms with E-state index < -0.39 is 42.5 Å². The second-order valence-corrected chi connectivity index (χ2v) is 8.25. The number of alkyl halides is 2. The van der Waals surface area contributed by atoms with Crippen molar-refractivity contribution in [2.24, 2.45) is 0 Å². The number of Topliss-reactive ketones (excluding diaryl/α,β-unsaturated/α-hetero) is 1. The van der Waals surface area contributed by atoms with E-state index in [1.165, 1.54) is 0 Å². The van der Waals surface area contributed by atoms with E-state index in [4.69, 9.17) is 4.74 Å². The molecule has 1 aromatic carbocycles.